The molecule has 88 valence electrons. The van der Waals surface area contributed by atoms with E-state index in [0.717, 1.165) is 28.8 Å². The van der Waals surface area contributed by atoms with Gasteiger partial charge in [0.2, 0.25) is 0 Å². The number of nitrogens with zero attached hydrogens (tertiary/aromatic N) is 1. The minimum atomic E-state index is 0.901. The van der Waals surface area contributed by atoms with Crippen LogP contribution in [-0.4, -0.2) is 11.5 Å². The molecule has 0 fully saturated rings. The van der Waals surface area contributed by atoms with Gasteiger partial charge in [-0.25, -0.2) is 0 Å². The fourth-order valence-corrected chi connectivity index (χ4v) is 1.88. The first-order chi connectivity index (χ1) is 8.25. The Morgan fingerprint density at radius 3 is 2.82 bits per heavy atom. The first kappa shape index (κ1) is 12.1. The Morgan fingerprint density at radius 2 is 2.12 bits per heavy atom. The number of aryl methyl sites for hydroxylation is 1. The smallest absolute Gasteiger partial charge is 0.0421 e. The quantitative estimate of drug-likeness (QED) is 0.926. The molecule has 17 heavy (non-hydrogen) atoms. The van der Waals surface area contributed by atoms with Gasteiger partial charge in [0.15, 0.2) is 0 Å². The summed E-state index contributed by atoms with van der Waals surface area (Å²) in [4.78, 5) is 4.29. The van der Waals surface area contributed by atoms with Gasteiger partial charge in [-0.1, -0.05) is 22.0 Å². The molecule has 0 radical (unpaired) electrons. The van der Waals surface area contributed by atoms with Crippen LogP contribution in [0.4, 0.5) is 5.69 Å². The third-order valence-corrected chi connectivity index (χ3v) is 3.48. The summed E-state index contributed by atoms with van der Waals surface area (Å²) in [5, 5.41) is 3.40. The van der Waals surface area contributed by atoms with Gasteiger partial charge in [0.1, 0.15) is 0 Å². The molecule has 1 heterocycles. The van der Waals surface area contributed by atoms with E-state index in [4.69, 9.17) is 0 Å². The van der Waals surface area contributed by atoms with Crippen LogP contribution in [0.25, 0.3) is 0 Å². The number of anilines is 1. The highest BCUT2D eigenvalue weighted by Crippen LogP contribution is 2.19. The van der Waals surface area contributed by atoms with E-state index in [1.54, 1.807) is 0 Å². The van der Waals surface area contributed by atoms with Crippen molar-refractivity contribution < 1.29 is 0 Å². The lowest BCUT2D eigenvalue weighted by molar-refractivity contribution is 0.961. The molecular formula is C14H15BrN2. The molecule has 0 aliphatic rings. The van der Waals surface area contributed by atoms with Crippen molar-refractivity contribution in [1.29, 1.82) is 0 Å². The largest absolute Gasteiger partial charge is 0.385 e. The van der Waals surface area contributed by atoms with Gasteiger partial charge in [-0.3, -0.25) is 4.98 Å². The number of rotatable bonds is 4. The van der Waals surface area contributed by atoms with Crippen molar-refractivity contribution in [2.75, 3.05) is 11.9 Å². The van der Waals surface area contributed by atoms with Gasteiger partial charge in [0.05, 0.1) is 0 Å². The van der Waals surface area contributed by atoms with Crippen molar-refractivity contribution in [3.8, 4) is 0 Å². The van der Waals surface area contributed by atoms with Crippen LogP contribution in [0, 0.1) is 6.92 Å². The molecule has 3 heteroatoms. The molecule has 2 rings (SSSR count). The van der Waals surface area contributed by atoms with Gasteiger partial charge in [0.25, 0.3) is 0 Å². The molecule has 0 aliphatic carbocycles. The molecule has 1 N–H and O–H groups in total. The number of benzene rings is 1. The summed E-state index contributed by atoms with van der Waals surface area (Å²) >= 11 is 3.50. The molecule has 1 aromatic carbocycles. The van der Waals surface area contributed by atoms with Crippen LogP contribution in [-0.2, 0) is 6.42 Å². The maximum Gasteiger partial charge on any atom is 0.0421 e. The number of pyridine rings is 1. The Hall–Kier alpha value is -1.35. The van der Waals surface area contributed by atoms with Crippen LogP contribution in [0.3, 0.4) is 0 Å². The van der Waals surface area contributed by atoms with E-state index < -0.39 is 0 Å². The highest BCUT2D eigenvalue weighted by Gasteiger charge is 1.97. The molecule has 0 saturated heterocycles. The normalized spacial score (nSPS) is 10.2. The van der Waals surface area contributed by atoms with Crippen molar-refractivity contribution in [3.05, 3.63) is 58.3 Å². The van der Waals surface area contributed by atoms with Gasteiger partial charge in [-0.15, -0.1) is 0 Å². The van der Waals surface area contributed by atoms with Crippen molar-refractivity contribution >= 4 is 21.6 Å². The summed E-state index contributed by atoms with van der Waals surface area (Å²) in [6, 6.07) is 12.3. The van der Waals surface area contributed by atoms with E-state index in [2.05, 4.69) is 57.4 Å². The average Bonchev–Trinajstić information content (AvgIpc) is 2.35. The van der Waals surface area contributed by atoms with Crippen molar-refractivity contribution in [3.63, 3.8) is 0 Å². The summed E-state index contributed by atoms with van der Waals surface area (Å²) in [7, 11) is 0. The van der Waals surface area contributed by atoms with Gasteiger partial charge < -0.3 is 5.32 Å². The van der Waals surface area contributed by atoms with Crippen LogP contribution < -0.4 is 5.32 Å². The summed E-state index contributed by atoms with van der Waals surface area (Å²) in [6.45, 7) is 2.99. The summed E-state index contributed by atoms with van der Waals surface area (Å²) < 4.78 is 1.15. The Labute approximate surface area is 110 Å². The fourth-order valence-electron chi connectivity index (χ4n) is 1.64. The third kappa shape index (κ3) is 3.56. The Balaban J connectivity index is 1.88. The predicted octanol–water partition coefficient (Wildman–Crippen LogP) is 3.81. The average molecular weight is 291 g/mol. The highest BCUT2D eigenvalue weighted by atomic mass is 79.9. The van der Waals surface area contributed by atoms with Crippen molar-refractivity contribution in [2.24, 2.45) is 0 Å². The van der Waals surface area contributed by atoms with E-state index in [0.29, 0.717) is 0 Å². The standard InChI is InChI=1S/C14H15BrN2/c1-11-10-13(5-6-14(11)15)17-9-7-12-4-2-3-8-16-12/h2-6,8,10,17H,7,9H2,1H3. The van der Waals surface area contributed by atoms with Crippen molar-refractivity contribution in [1.82, 2.24) is 4.98 Å². The molecular weight excluding hydrogens is 276 g/mol. The monoisotopic (exact) mass is 290 g/mol. The molecule has 0 unspecified atom stereocenters. The number of hydrogen-bond donors (Lipinski definition) is 1. The second-order valence-corrected chi connectivity index (χ2v) is 4.82. The Morgan fingerprint density at radius 1 is 1.24 bits per heavy atom. The molecule has 1 aromatic heterocycles. The second-order valence-electron chi connectivity index (χ2n) is 3.96. The van der Waals surface area contributed by atoms with Crippen LogP contribution in [0.5, 0.6) is 0 Å². The summed E-state index contributed by atoms with van der Waals surface area (Å²) in [5.74, 6) is 0. The van der Waals surface area contributed by atoms with Gasteiger partial charge in [-0.2, -0.15) is 0 Å². The molecule has 0 bridgehead atoms. The number of nitrogens with one attached hydrogen (secondary N) is 1. The minimum Gasteiger partial charge on any atom is -0.385 e. The Bertz CT molecular complexity index is 483. The molecule has 2 nitrogen and oxygen atoms in total. The highest BCUT2D eigenvalue weighted by molar-refractivity contribution is 9.10. The SMILES string of the molecule is Cc1cc(NCCc2ccccn2)ccc1Br. The van der Waals surface area contributed by atoms with E-state index in [1.165, 1.54) is 5.56 Å². The van der Waals surface area contributed by atoms with Gasteiger partial charge in [-0.05, 0) is 42.8 Å². The maximum absolute atomic E-state index is 4.29. The summed E-state index contributed by atoms with van der Waals surface area (Å²) in [5.41, 5.74) is 3.52. The zero-order valence-electron chi connectivity index (χ0n) is 9.78. The summed E-state index contributed by atoms with van der Waals surface area (Å²) in [6.07, 6.45) is 2.77. The first-order valence-corrected chi connectivity index (χ1v) is 6.45. The molecule has 0 amide bonds. The van der Waals surface area contributed by atoms with Crippen molar-refractivity contribution in [2.45, 2.75) is 13.3 Å². The topological polar surface area (TPSA) is 24.9 Å². The lowest BCUT2D eigenvalue weighted by atomic mass is 10.2. The van der Waals surface area contributed by atoms with E-state index in [1.807, 2.05) is 18.3 Å². The number of hydrogen-bond acceptors (Lipinski definition) is 2. The van der Waals surface area contributed by atoms with Crippen LogP contribution >= 0.6 is 15.9 Å². The lowest BCUT2D eigenvalue weighted by Gasteiger charge is -2.07. The molecule has 0 aliphatic heterocycles. The van der Waals surface area contributed by atoms with E-state index in [9.17, 15) is 0 Å². The van der Waals surface area contributed by atoms with Crippen LogP contribution in [0.2, 0.25) is 0 Å². The minimum absolute atomic E-state index is 0.901. The van der Waals surface area contributed by atoms with Gasteiger partial charge >= 0.3 is 0 Å². The van der Waals surface area contributed by atoms with Gasteiger partial charge in [0, 0.05) is 35.0 Å². The zero-order chi connectivity index (χ0) is 12.1. The predicted molar refractivity (Wildman–Crippen MR) is 75.3 cm³/mol. The third-order valence-electron chi connectivity index (χ3n) is 2.59. The zero-order valence-corrected chi connectivity index (χ0v) is 11.4. The molecule has 0 atom stereocenters. The molecule has 0 saturated carbocycles. The van der Waals surface area contributed by atoms with E-state index in [-0.39, 0.29) is 0 Å². The second kappa shape index (κ2) is 5.82. The first-order valence-electron chi connectivity index (χ1n) is 5.65. The Kier molecular flexibility index (Phi) is 4.15. The van der Waals surface area contributed by atoms with E-state index >= 15 is 0 Å². The number of aromatic nitrogens is 1. The molecule has 0 spiro atoms. The molecule has 2 aromatic rings. The van der Waals surface area contributed by atoms with Crippen LogP contribution in [0.1, 0.15) is 11.3 Å². The maximum atomic E-state index is 4.29. The lowest BCUT2D eigenvalue weighted by Crippen LogP contribution is -2.05. The fraction of sp³-hybridized carbons (Fsp3) is 0.214. The number of halogens is 1. The van der Waals surface area contributed by atoms with Crippen LogP contribution in [0.15, 0.2) is 47.1 Å².